The number of nitrogen functional groups attached to an aromatic ring is 1. The summed E-state index contributed by atoms with van der Waals surface area (Å²) in [7, 11) is 0. The van der Waals surface area contributed by atoms with Crippen LogP contribution in [0, 0.1) is 0 Å². The highest BCUT2D eigenvalue weighted by molar-refractivity contribution is 7.13. The van der Waals surface area contributed by atoms with Crippen molar-refractivity contribution in [3.05, 3.63) is 21.8 Å². The number of aromatic nitrogens is 1. The van der Waals surface area contributed by atoms with Gasteiger partial charge in [0.1, 0.15) is 17.4 Å². The number of hydrogen-bond donors (Lipinski definition) is 4. The van der Waals surface area contributed by atoms with Crippen molar-refractivity contribution in [1.29, 1.82) is 0 Å². The van der Waals surface area contributed by atoms with Gasteiger partial charge in [0.2, 0.25) is 0 Å². The Morgan fingerprint density at radius 1 is 1.52 bits per heavy atom. The fraction of sp³-hybridized carbons (Fsp3) is 0.308. The minimum absolute atomic E-state index is 0.0731. The lowest BCUT2D eigenvalue weighted by atomic mass is 9.86. The zero-order valence-corrected chi connectivity index (χ0v) is 14.0. The van der Waals surface area contributed by atoms with E-state index in [0.717, 1.165) is 16.2 Å². The zero-order chi connectivity index (χ0) is 18.3. The molecule has 1 saturated heterocycles. The van der Waals surface area contributed by atoms with Gasteiger partial charge in [0.25, 0.3) is 11.8 Å². The van der Waals surface area contributed by atoms with Crippen molar-refractivity contribution in [2.75, 3.05) is 5.73 Å². The van der Waals surface area contributed by atoms with Crippen molar-refractivity contribution in [2.45, 2.75) is 24.9 Å². The molecule has 3 heterocycles. The number of carbonyl (C=O) groups excluding carboxylic acids is 2. The number of amides is 2. The normalized spacial score (nSPS) is 23.2. The number of fused-ring (bicyclic) bond motifs is 1. The van der Waals surface area contributed by atoms with Crippen LogP contribution in [0.25, 0.3) is 0 Å². The number of hydrogen-bond acceptors (Lipinski definition) is 8. The molecule has 1 aromatic rings. The summed E-state index contributed by atoms with van der Waals surface area (Å²) in [5.41, 5.74) is 4.90. The lowest BCUT2D eigenvalue weighted by Gasteiger charge is -2.49. The molecule has 2 atom stereocenters. The number of carbonyl (C=O) groups is 3. The smallest absolute Gasteiger partial charge is 0.353 e. The molecule has 0 saturated carbocycles. The maximum atomic E-state index is 12.3. The first-order valence-corrected chi connectivity index (χ1v) is 8.30. The van der Waals surface area contributed by atoms with Crippen LogP contribution < -0.4 is 11.1 Å². The van der Waals surface area contributed by atoms with Crippen LogP contribution in [0.2, 0.25) is 0 Å². The molecule has 132 valence electrons. The maximum Gasteiger partial charge on any atom is 0.353 e. The molecule has 1 fully saturated rings. The molecule has 12 heteroatoms. The molecule has 0 aliphatic carbocycles. The lowest BCUT2D eigenvalue weighted by molar-refractivity contribution is -0.155. The van der Waals surface area contributed by atoms with E-state index in [4.69, 9.17) is 22.5 Å². The Bertz CT molecular complexity index is 835. The Morgan fingerprint density at radius 2 is 2.24 bits per heavy atom. The van der Waals surface area contributed by atoms with Gasteiger partial charge in [0.05, 0.1) is 6.04 Å². The van der Waals surface area contributed by atoms with Crippen molar-refractivity contribution in [3.8, 4) is 0 Å². The third-order valence-corrected chi connectivity index (χ3v) is 4.99. The van der Waals surface area contributed by atoms with Crippen LogP contribution >= 0.6 is 22.9 Å². The van der Waals surface area contributed by atoms with Crippen molar-refractivity contribution in [2.24, 2.45) is 5.16 Å². The minimum atomic E-state index is -1.30. The summed E-state index contributed by atoms with van der Waals surface area (Å²) in [4.78, 5) is 40.7. The number of aliphatic carboxylic acids is 1. The number of anilines is 1. The average Bonchev–Trinajstić information content (AvgIpc) is 2.98. The van der Waals surface area contributed by atoms with Gasteiger partial charge in [0.15, 0.2) is 10.8 Å². The fourth-order valence-electron chi connectivity index (χ4n) is 2.84. The number of halogens is 1. The number of carboxylic acid groups (broad SMARTS) is 1. The summed E-state index contributed by atoms with van der Waals surface area (Å²) in [6, 6.07) is -1.45. The van der Waals surface area contributed by atoms with Gasteiger partial charge in [-0.15, -0.1) is 11.3 Å². The molecule has 5 N–H and O–H groups in total. The van der Waals surface area contributed by atoms with Crippen molar-refractivity contribution >= 4 is 51.6 Å². The van der Waals surface area contributed by atoms with E-state index < -0.39 is 29.9 Å². The first-order chi connectivity index (χ1) is 11.8. The summed E-state index contributed by atoms with van der Waals surface area (Å²) in [6.45, 7) is 0. The van der Waals surface area contributed by atoms with E-state index in [1.807, 2.05) is 0 Å². The second-order valence-electron chi connectivity index (χ2n) is 5.34. The Hall–Kier alpha value is -2.66. The number of thiazole rings is 1. The standard InChI is InChI=1S/C13H12ClN5O5S/c14-4-1-2-6-8(11(21)19(6)9(4)12(22)23)17-10(20)7(18-24)5-3-25-13(15)16-5/h3,6,8,24H,1-2H2,(H2,15,16)(H,17,20)(H,22,23)/b18-7+/t6-,8+/m1/s1. The predicted octanol–water partition coefficient (Wildman–Crippen LogP) is -0.0720. The number of allylic oxidation sites excluding steroid dienone is 1. The third-order valence-electron chi connectivity index (χ3n) is 3.95. The van der Waals surface area contributed by atoms with Crippen LogP contribution in [-0.4, -0.2) is 55.8 Å². The molecule has 2 aliphatic rings. The molecule has 0 spiro atoms. The number of carboxylic acids is 1. The quantitative estimate of drug-likeness (QED) is 0.244. The molecule has 0 aromatic carbocycles. The summed E-state index contributed by atoms with van der Waals surface area (Å²) in [5.74, 6) is -2.71. The van der Waals surface area contributed by atoms with Crippen molar-refractivity contribution in [3.63, 3.8) is 0 Å². The number of β-lactam (4-membered cyclic amide) rings is 1. The average molecular weight is 386 g/mol. The van der Waals surface area contributed by atoms with Gasteiger partial charge in [-0.1, -0.05) is 16.8 Å². The summed E-state index contributed by atoms with van der Waals surface area (Å²) < 4.78 is 0. The summed E-state index contributed by atoms with van der Waals surface area (Å²) in [6.07, 6.45) is 0.690. The molecule has 0 radical (unpaired) electrons. The summed E-state index contributed by atoms with van der Waals surface area (Å²) >= 11 is 6.95. The second kappa shape index (κ2) is 6.33. The van der Waals surface area contributed by atoms with Gasteiger partial charge in [-0.2, -0.15) is 0 Å². The van der Waals surface area contributed by atoms with Crippen LogP contribution in [0.1, 0.15) is 18.5 Å². The first kappa shape index (κ1) is 17.2. The van der Waals surface area contributed by atoms with Crippen LogP contribution in [-0.2, 0) is 14.4 Å². The molecule has 25 heavy (non-hydrogen) atoms. The van der Waals surface area contributed by atoms with Crippen molar-refractivity contribution in [1.82, 2.24) is 15.2 Å². The summed E-state index contributed by atoms with van der Waals surface area (Å²) in [5, 5.41) is 25.3. The largest absolute Gasteiger partial charge is 0.477 e. The number of nitrogens with one attached hydrogen (secondary N) is 1. The van der Waals surface area contributed by atoms with E-state index >= 15 is 0 Å². The third kappa shape index (κ3) is 2.81. The number of nitrogens with two attached hydrogens (primary N) is 1. The van der Waals surface area contributed by atoms with Gasteiger partial charge in [0, 0.05) is 10.4 Å². The van der Waals surface area contributed by atoms with Gasteiger partial charge in [-0.3, -0.25) is 14.5 Å². The number of rotatable bonds is 4. The highest BCUT2D eigenvalue weighted by Gasteiger charge is 2.53. The van der Waals surface area contributed by atoms with E-state index in [2.05, 4.69) is 15.5 Å². The van der Waals surface area contributed by atoms with Crippen molar-refractivity contribution < 1.29 is 24.7 Å². The Labute approximate surface area is 149 Å². The molecule has 10 nitrogen and oxygen atoms in total. The van der Waals surface area contributed by atoms with Crippen LogP contribution in [0.3, 0.4) is 0 Å². The van der Waals surface area contributed by atoms with E-state index in [-0.39, 0.29) is 33.7 Å². The predicted molar refractivity (Wildman–Crippen MR) is 87.2 cm³/mol. The molecule has 2 aliphatic heterocycles. The lowest BCUT2D eigenvalue weighted by Crippen LogP contribution is -2.72. The molecule has 0 bridgehead atoms. The highest BCUT2D eigenvalue weighted by Crippen LogP contribution is 2.38. The molecular formula is C13H12ClN5O5S. The molecule has 2 amide bonds. The minimum Gasteiger partial charge on any atom is -0.477 e. The Morgan fingerprint density at radius 3 is 2.80 bits per heavy atom. The fourth-order valence-corrected chi connectivity index (χ4v) is 3.66. The van der Waals surface area contributed by atoms with E-state index in [9.17, 15) is 19.5 Å². The maximum absolute atomic E-state index is 12.3. The highest BCUT2D eigenvalue weighted by atomic mass is 35.5. The van der Waals surface area contributed by atoms with Gasteiger partial charge < -0.3 is 21.4 Å². The van der Waals surface area contributed by atoms with E-state index in [1.165, 1.54) is 5.38 Å². The zero-order valence-electron chi connectivity index (χ0n) is 12.5. The van der Waals surface area contributed by atoms with E-state index in [0.29, 0.717) is 6.42 Å². The molecule has 0 unspecified atom stereocenters. The van der Waals surface area contributed by atoms with Crippen LogP contribution in [0.5, 0.6) is 0 Å². The Balaban J connectivity index is 1.76. The van der Waals surface area contributed by atoms with Gasteiger partial charge in [-0.05, 0) is 12.8 Å². The van der Waals surface area contributed by atoms with Crippen LogP contribution in [0.4, 0.5) is 5.13 Å². The monoisotopic (exact) mass is 385 g/mol. The number of oxime groups is 1. The SMILES string of the molecule is Nc1nc(/C(=N\O)C(=O)N[C@@H]2C(=O)N3C(C(=O)O)=C(Cl)CC[C@H]23)cs1. The van der Waals surface area contributed by atoms with Gasteiger partial charge >= 0.3 is 5.97 Å². The molecule has 3 rings (SSSR count). The Kier molecular flexibility index (Phi) is 4.35. The first-order valence-electron chi connectivity index (χ1n) is 7.04. The number of nitrogens with zero attached hydrogens (tertiary/aromatic N) is 3. The molecular weight excluding hydrogens is 374 g/mol. The van der Waals surface area contributed by atoms with Crippen LogP contribution in [0.15, 0.2) is 21.3 Å². The topological polar surface area (TPSA) is 158 Å². The van der Waals surface area contributed by atoms with Gasteiger partial charge in [-0.25, -0.2) is 9.78 Å². The molecule has 1 aromatic heterocycles. The second-order valence-corrected chi connectivity index (χ2v) is 6.69. The van der Waals surface area contributed by atoms with E-state index in [1.54, 1.807) is 0 Å².